The molecule has 0 saturated carbocycles. The van der Waals surface area contributed by atoms with E-state index in [9.17, 15) is 19.0 Å². The van der Waals surface area contributed by atoms with Crippen LogP contribution in [0.2, 0.25) is 0 Å². The van der Waals surface area contributed by atoms with Gasteiger partial charge in [0.15, 0.2) is 6.10 Å². The molecule has 2 unspecified atom stereocenters. The van der Waals surface area contributed by atoms with Crippen LogP contribution < -0.4 is 4.89 Å². The van der Waals surface area contributed by atoms with Crippen molar-refractivity contribution in [2.75, 3.05) is 47.5 Å². The van der Waals surface area contributed by atoms with Gasteiger partial charge in [0.2, 0.25) is 0 Å². The Kier molecular flexibility index (Phi) is 62.9. The van der Waals surface area contributed by atoms with Crippen molar-refractivity contribution in [3.05, 3.63) is 48.6 Å². The summed E-state index contributed by atoms with van der Waals surface area (Å²) >= 11 is 0. The highest BCUT2D eigenvalue weighted by molar-refractivity contribution is 7.45. The van der Waals surface area contributed by atoms with Crippen LogP contribution in [0, 0.1) is 0 Å². The molecule has 0 N–H and O–H groups in total. The quantitative estimate of drug-likeness (QED) is 0.0195. The van der Waals surface area contributed by atoms with Gasteiger partial charge < -0.3 is 27.9 Å². The SMILES string of the molecule is CC/C=C\C/C=C\C/C=C\C/C=C\CCCCCCCCCCCCCCCCCCCCCCCCCCC(=O)OC(COC(=O)CCCCCCCCCCCCCCCCCCCCCCCC)COP(=O)([O-])OCC[N+](C)(C)C. The van der Waals surface area contributed by atoms with Crippen LogP contribution in [0.25, 0.3) is 0 Å². The number of hydrogen-bond acceptors (Lipinski definition) is 8. The molecule has 2 atom stereocenters. The first-order chi connectivity index (χ1) is 40.5. The van der Waals surface area contributed by atoms with E-state index in [1.165, 1.54) is 263 Å². The molecule has 0 bridgehead atoms. The lowest BCUT2D eigenvalue weighted by Crippen LogP contribution is -2.37. The Bertz CT molecular complexity index is 1540. The first-order valence-electron chi connectivity index (χ1n) is 35.8. The molecular weight excluding hydrogens is 1050 g/mol. The lowest BCUT2D eigenvalue weighted by molar-refractivity contribution is -0.870. The summed E-state index contributed by atoms with van der Waals surface area (Å²) in [5, 5.41) is 0. The third-order valence-electron chi connectivity index (χ3n) is 16.1. The minimum Gasteiger partial charge on any atom is -0.756 e. The van der Waals surface area contributed by atoms with E-state index >= 15 is 0 Å². The van der Waals surface area contributed by atoms with Gasteiger partial charge >= 0.3 is 11.9 Å². The summed E-state index contributed by atoms with van der Waals surface area (Å²) in [5.74, 6) is -0.810. The zero-order valence-electron chi connectivity index (χ0n) is 55.7. The Morgan fingerprint density at radius 1 is 0.386 bits per heavy atom. The van der Waals surface area contributed by atoms with Crippen LogP contribution in [-0.2, 0) is 32.7 Å². The fourth-order valence-electron chi connectivity index (χ4n) is 10.7. The number of hydrogen-bond donors (Lipinski definition) is 0. The third kappa shape index (κ3) is 68.9. The van der Waals surface area contributed by atoms with Crippen molar-refractivity contribution in [2.45, 2.75) is 360 Å². The summed E-state index contributed by atoms with van der Waals surface area (Å²) in [6, 6.07) is 0. The molecule has 0 aromatic heterocycles. The second-order valence-electron chi connectivity index (χ2n) is 25.6. The summed E-state index contributed by atoms with van der Waals surface area (Å²) in [6.45, 7) is 4.20. The number of phosphoric acid groups is 1. The Morgan fingerprint density at radius 2 is 0.687 bits per heavy atom. The molecule has 0 rings (SSSR count). The van der Waals surface area contributed by atoms with Gasteiger partial charge in [-0.3, -0.25) is 14.2 Å². The first kappa shape index (κ1) is 81.0. The minimum absolute atomic E-state index is 0.0273. The molecular formula is C73H138NO8P. The fraction of sp³-hybridized carbons (Fsp3) is 0.863. The second-order valence-corrected chi connectivity index (χ2v) is 27.0. The molecule has 0 aliphatic rings. The molecule has 0 aliphatic carbocycles. The number of carbonyl (C=O) groups is 2. The van der Waals surface area contributed by atoms with Crippen molar-refractivity contribution in [2.24, 2.45) is 0 Å². The van der Waals surface area contributed by atoms with E-state index in [1.54, 1.807) is 0 Å². The molecule has 0 radical (unpaired) electrons. The third-order valence-corrected chi connectivity index (χ3v) is 17.1. The minimum atomic E-state index is -4.64. The number of quaternary nitrogens is 1. The van der Waals surface area contributed by atoms with Gasteiger partial charge in [-0.15, -0.1) is 0 Å². The van der Waals surface area contributed by atoms with Gasteiger partial charge in [0.25, 0.3) is 7.82 Å². The fourth-order valence-corrected chi connectivity index (χ4v) is 11.4. The standard InChI is InChI=1S/C73H138NO8P/c1-6-8-10-12-14-16-18-20-22-24-26-28-30-31-32-33-34-35-36-37-38-39-40-41-42-43-44-46-48-50-52-54-56-58-60-62-64-66-73(76)82-71(70-81-83(77,78)80-68-67-74(3,4)5)69-79-72(75)65-63-61-59-57-55-53-51-49-47-45-29-27-25-23-21-19-17-15-13-11-9-7-2/h8,10,14,16,20,22,26,28,71H,6-7,9,11-13,15,17-19,21,23-25,27,29-70H2,1-5H3/b10-8-,16-14-,22-20-,28-26-. The van der Waals surface area contributed by atoms with E-state index in [1.807, 2.05) is 21.1 Å². The summed E-state index contributed by atoms with van der Waals surface area (Å²) in [6.07, 6.45) is 83.5. The van der Waals surface area contributed by atoms with Crippen LogP contribution in [0.3, 0.4) is 0 Å². The van der Waals surface area contributed by atoms with Crippen molar-refractivity contribution < 1.29 is 42.1 Å². The molecule has 0 aromatic carbocycles. The number of phosphoric ester groups is 1. The predicted octanol–water partition coefficient (Wildman–Crippen LogP) is 22.6. The molecule has 10 heteroatoms. The number of carbonyl (C=O) groups excluding carboxylic acids is 2. The maximum absolute atomic E-state index is 12.9. The summed E-state index contributed by atoms with van der Waals surface area (Å²) in [5.41, 5.74) is 0. The lowest BCUT2D eigenvalue weighted by atomic mass is 10.0. The van der Waals surface area contributed by atoms with Gasteiger partial charge in [-0.05, 0) is 51.4 Å². The van der Waals surface area contributed by atoms with E-state index in [4.69, 9.17) is 18.5 Å². The van der Waals surface area contributed by atoms with Crippen molar-refractivity contribution in [1.29, 1.82) is 0 Å². The molecule has 83 heavy (non-hydrogen) atoms. The van der Waals surface area contributed by atoms with Crippen molar-refractivity contribution in [3.8, 4) is 0 Å². The highest BCUT2D eigenvalue weighted by atomic mass is 31.2. The number of likely N-dealkylation sites (N-methyl/N-ethyl adjacent to an activating group) is 1. The normalized spacial score (nSPS) is 13.4. The van der Waals surface area contributed by atoms with Gasteiger partial charge in [-0.25, -0.2) is 0 Å². The molecule has 0 amide bonds. The van der Waals surface area contributed by atoms with E-state index in [2.05, 4.69) is 62.5 Å². The Hall–Kier alpha value is -2.03. The molecule has 0 aromatic rings. The predicted molar refractivity (Wildman–Crippen MR) is 356 cm³/mol. The van der Waals surface area contributed by atoms with Gasteiger partial charge in [0.05, 0.1) is 27.7 Å². The van der Waals surface area contributed by atoms with Crippen molar-refractivity contribution >= 4 is 19.8 Å². The summed E-state index contributed by atoms with van der Waals surface area (Å²) in [7, 11) is 1.19. The Balaban J connectivity index is 3.93. The van der Waals surface area contributed by atoms with E-state index in [0.717, 1.165) is 57.8 Å². The molecule has 0 saturated heterocycles. The number of allylic oxidation sites excluding steroid dienone is 8. The van der Waals surface area contributed by atoms with Crippen LogP contribution >= 0.6 is 7.82 Å². The van der Waals surface area contributed by atoms with Crippen molar-refractivity contribution in [1.82, 2.24) is 0 Å². The van der Waals surface area contributed by atoms with Gasteiger partial charge in [-0.2, -0.15) is 0 Å². The number of esters is 2. The summed E-state index contributed by atoms with van der Waals surface area (Å²) in [4.78, 5) is 38.1. The van der Waals surface area contributed by atoms with Crippen LogP contribution in [0.4, 0.5) is 0 Å². The van der Waals surface area contributed by atoms with Gasteiger partial charge in [0.1, 0.15) is 19.8 Å². The molecule has 488 valence electrons. The van der Waals surface area contributed by atoms with Crippen LogP contribution in [0.5, 0.6) is 0 Å². The van der Waals surface area contributed by atoms with Crippen LogP contribution in [0.15, 0.2) is 48.6 Å². The second kappa shape index (κ2) is 64.4. The molecule has 0 heterocycles. The van der Waals surface area contributed by atoms with Crippen LogP contribution in [-0.4, -0.2) is 70.0 Å². The highest BCUT2D eigenvalue weighted by Gasteiger charge is 2.22. The average molecular weight is 1190 g/mol. The maximum Gasteiger partial charge on any atom is 0.306 e. The highest BCUT2D eigenvalue weighted by Crippen LogP contribution is 2.38. The summed E-state index contributed by atoms with van der Waals surface area (Å²) < 4.78 is 34.3. The molecule has 0 spiro atoms. The Labute approximate surface area is 515 Å². The molecule has 0 fully saturated rings. The average Bonchev–Trinajstić information content (AvgIpc) is 3.49. The van der Waals surface area contributed by atoms with E-state index in [-0.39, 0.29) is 32.0 Å². The van der Waals surface area contributed by atoms with Crippen LogP contribution in [0.1, 0.15) is 354 Å². The largest absolute Gasteiger partial charge is 0.756 e. The van der Waals surface area contributed by atoms with Crippen molar-refractivity contribution in [3.63, 3.8) is 0 Å². The number of nitrogens with zero attached hydrogens (tertiary/aromatic N) is 1. The zero-order valence-corrected chi connectivity index (χ0v) is 56.6. The lowest BCUT2D eigenvalue weighted by Gasteiger charge is -2.28. The maximum atomic E-state index is 12.9. The topological polar surface area (TPSA) is 111 Å². The number of rotatable bonds is 67. The first-order valence-corrected chi connectivity index (χ1v) is 37.3. The molecule has 0 aliphatic heterocycles. The van der Waals surface area contributed by atoms with E-state index < -0.39 is 26.5 Å². The smallest absolute Gasteiger partial charge is 0.306 e. The van der Waals surface area contributed by atoms with E-state index in [0.29, 0.717) is 17.4 Å². The zero-order chi connectivity index (χ0) is 60.5. The van der Waals surface area contributed by atoms with Gasteiger partial charge in [-0.1, -0.05) is 339 Å². The monoisotopic (exact) mass is 1190 g/mol. The van der Waals surface area contributed by atoms with Gasteiger partial charge in [0, 0.05) is 12.8 Å². The number of ether oxygens (including phenoxy) is 2. The Morgan fingerprint density at radius 3 is 1.02 bits per heavy atom. The number of unbranched alkanes of at least 4 members (excludes halogenated alkanes) is 45. The molecule has 9 nitrogen and oxygen atoms in total.